The standard InChI is InChI=1S/C22H21N5O3/c1-14(28)24-16-6-4-15(5-7-16)18-13-27-11-10-23-22(27)21(26-18)25-17-8-9-19(29-2)20(12-17)30-3/h4-13H,1-3H3,(H,24,28)(H,25,26). The Morgan fingerprint density at radius 1 is 1.00 bits per heavy atom. The predicted molar refractivity (Wildman–Crippen MR) is 116 cm³/mol. The van der Waals surface area contributed by atoms with Crippen molar-refractivity contribution in [3.63, 3.8) is 0 Å². The van der Waals surface area contributed by atoms with Crippen LogP contribution in [0.25, 0.3) is 16.9 Å². The molecule has 152 valence electrons. The quantitative estimate of drug-likeness (QED) is 0.503. The summed E-state index contributed by atoms with van der Waals surface area (Å²) in [6.07, 6.45) is 5.50. The molecule has 0 saturated heterocycles. The van der Waals surface area contributed by atoms with Gasteiger partial charge in [-0.1, -0.05) is 12.1 Å². The highest BCUT2D eigenvalue weighted by molar-refractivity contribution is 5.89. The minimum Gasteiger partial charge on any atom is -0.493 e. The highest BCUT2D eigenvalue weighted by Gasteiger charge is 2.11. The lowest BCUT2D eigenvalue weighted by atomic mass is 10.1. The summed E-state index contributed by atoms with van der Waals surface area (Å²) in [6.45, 7) is 1.48. The van der Waals surface area contributed by atoms with E-state index in [0.29, 0.717) is 23.0 Å². The first-order valence-electron chi connectivity index (χ1n) is 9.28. The minimum atomic E-state index is -0.109. The molecule has 0 radical (unpaired) electrons. The molecule has 1 amide bonds. The smallest absolute Gasteiger partial charge is 0.221 e. The van der Waals surface area contributed by atoms with Gasteiger partial charge in [0.25, 0.3) is 0 Å². The van der Waals surface area contributed by atoms with Gasteiger partial charge in [-0.3, -0.25) is 4.79 Å². The number of ether oxygens (including phenoxy) is 2. The van der Waals surface area contributed by atoms with Crippen molar-refractivity contribution < 1.29 is 14.3 Å². The zero-order valence-electron chi connectivity index (χ0n) is 16.8. The molecule has 30 heavy (non-hydrogen) atoms. The molecule has 8 nitrogen and oxygen atoms in total. The second-order valence-corrected chi connectivity index (χ2v) is 6.59. The number of imidazole rings is 1. The topological polar surface area (TPSA) is 89.8 Å². The lowest BCUT2D eigenvalue weighted by Gasteiger charge is -2.13. The van der Waals surface area contributed by atoms with E-state index < -0.39 is 0 Å². The van der Waals surface area contributed by atoms with E-state index in [0.717, 1.165) is 22.6 Å². The summed E-state index contributed by atoms with van der Waals surface area (Å²) in [7, 11) is 3.19. The van der Waals surface area contributed by atoms with Gasteiger partial charge in [0, 0.05) is 48.5 Å². The Balaban J connectivity index is 1.70. The summed E-state index contributed by atoms with van der Waals surface area (Å²) in [5, 5.41) is 6.08. The number of benzene rings is 2. The van der Waals surface area contributed by atoms with Crippen LogP contribution in [0.4, 0.5) is 17.2 Å². The molecule has 0 aliphatic heterocycles. The van der Waals surface area contributed by atoms with E-state index in [2.05, 4.69) is 15.6 Å². The van der Waals surface area contributed by atoms with E-state index in [4.69, 9.17) is 14.5 Å². The molecule has 4 aromatic rings. The van der Waals surface area contributed by atoms with Gasteiger partial charge in [0.1, 0.15) is 0 Å². The maximum atomic E-state index is 11.2. The van der Waals surface area contributed by atoms with E-state index >= 15 is 0 Å². The summed E-state index contributed by atoms with van der Waals surface area (Å²) < 4.78 is 12.6. The number of nitrogens with zero attached hydrogens (tertiary/aromatic N) is 3. The summed E-state index contributed by atoms with van der Waals surface area (Å²) in [5.74, 6) is 1.76. The molecule has 0 atom stereocenters. The zero-order valence-corrected chi connectivity index (χ0v) is 16.8. The third kappa shape index (κ3) is 3.88. The maximum Gasteiger partial charge on any atom is 0.221 e. The van der Waals surface area contributed by atoms with Gasteiger partial charge in [-0.2, -0.15) is 0 Å². The van der Waals surface area contributed by atoms with E-state index in [1.807, 2.05) is 59.3 Å². The van der Waals surface area contributed by atoms with Crippen molar-refractivity contribution in [2.75, 3.05) is 24.9 Å². The molecule has 2 N–H and O–H groups in total. The molecule has 2 heterocycles. The fourth-order valence-electron chi connectivity index (χ4n) is 3.13. The van der Waals surface area contributed by atoms with Gasteiger partial charge in [0.2, 0.25) is 5.91 Å². The van der Waals surface area contributed by atoms with E-state index in [9.17, 15) is 4.79 Å². The van der Waals surface area contributed by atoms with Crippen LogP contribution < -0.4 is 20.1 Å². The first-order valence-corrected chi connectivity index (χ1v) is 9.28. The zero-order chi connectivity index (χ0) is 21.1. The number of methoxy groups -OCH3 is 2. The lowest BCUT2D eigenvalue weighted by molar-refractivity contribution is -0.114. The summed E-state index contributed by atoms with van der Waals surface area (Å²) >= 11 is 0. The number of amides is 1. The van der Waals surface area contributed by atoms with E-state index in [-0.39, 0.29) is 5.91 Å². The molecule has 8 heteroatoms. The Bertz CT molecular complexity index is 1200. The van der Waals surface area contributed by atoms with Crippen molar-refractivity contribution in [2.45, 2.75) is 6.92 Å². The number of hydrogen-bond donors (Lipinski definition) is 2. The largest absolute Gasteiger partial charge is 0.493 e. The van der Waals surface area contributed by atoms with Crippen molar-refractivity contribution >= 4 is 28.7 Å². The predicted octanol–water partition coefficient (Wildman–Crippen LogP) is 4.12. The number of fused-ring (bicyclic) bond motifs is 1. The average Bonchev–Trinajstić information content (AvgIpc) is 3.23. The summed E-state index contributed by atoms with van der Waals surface area (Å²) in [6, 6.07) is 13.1. The molecule has 0 fully saturated rings. The van der Waals surface area contributed by atoms with E-state index in [1.54, 1.807) is 20.4 Å². The fraction of sp³-hybridized carbons (Fsp3) is 0.136. The molecule has 0 bridgehead atoms. The van der Waals surface area contributed by atoms with Crippen molar-refractivity contribution in [1.29, 1.82) is 0 Å². The van der Waals surface area contributed by atoms with Crippen LogP contribution in [-0.2, 0) is 4.79 Å². The molecule has 4 rings (SSSR count). The molecule has 0 unspecified atom stereocenters. The molecule has 2 aromatic carbocycles. The van der Waals surface area contributed by atoms with Gasteiger partial charge >= 0.3 is 0 Å². The van der Waals surface area contributed by atoms with Crippen LogP contribution in [0.3, 0.4) is 0 Å². The number of aromatic nitrogens is 3. The van der Waals surface area contributed by atoms with Gasteiger partial charge < -0.3 is 24.5 Å². The van der Waals surface area contributed by atoms with Crippen LogP contribution in [0.1, 0.15) is 6.92 Å². The Morgan fingerprint density at radius 2 is 1.73 bits per heavy atom. The highest BCUT2D eigenvalue weighted by Crippen LogP contribution is 2.32. The number of nitrogens with one attached hydrogen (secondary N) is 2. The first kappa shape index (κ1) is 19.3. The molecule has 0 saturated carbocycles. The maximum absolute atomic E-state index is 11.2. The number of rotatable bonds is 6. The summed E-state index contributed by atoms with van der Waals surface area (Å²) in [4.78, 5) is 20.4. The van der Waals surface area contributed by atoms with Crippen LogP contribution in [0.15, 0.2) is 61.1 Å². The Kier molecular flexibility index (Phi) is 5.21. The van der Waals surface area contributed by atoms with Crippen molar-refractivity contribution in [3.8, 4) is 22.8 Å². The van der Waals surface area contributed by atoms with Gasteiger partial charge in [-0.05, 0) is 24.3 Å². The highest BCUT2D eigenvalue weighted by atomic mass is 16.5. The summed E-state index contributed by atoms with van der Waals surface area (Å²) in [5.41, 5.74) is 3.90. The average molecular weight is 403 g/mol. The molecular weight excluding hydrogens is 382 g/mol. The van der Waals surface area contributed by atoms with Gasteiger partial charge in [-0.25, -0.2) is 9.97 Å². The minimum absolute atomic E-state index is 0.109. The van der Waals surface area contributed by atoms with Gasteiger partial charge in [0.15, 0.2) is 23.0 Å². The lowest BCUT2D eigenvalue weighted by Crippen LogP contribution is -2.05. The SMILES string of the molecule is COc1ccc(Nc2nc(-c3ccc(NC(C)=O)cc3)cn3ccnc23)cc1OC. The van der Waals surface area contributed by atoms with Gasteiger partial charge in [0.05, 0.1) is 19.9 Å². The first-order chi connectivity index (χ1) is 14.6. The van der Waals surface area contributed by atoms with Crippen LogP contribution in [0.2, 0.25) is 0 Å². The number of carbonyl (C=O) groups excluding carboxylic acids is 1. The second kappa shape index (κ2) is 8.12. The van der Waals surface area contributed by atoms with Crippen molar-refractivity contribution in [1.82, 2.24) is 14.4 Å². The van der Waals surface area contributed by atoms with Crippen molar-refractivity contribution in [2.24, 2.45) is 0 Å². The Hall–Kier alpha value is -4.07. The monoisotopic (exact) mass is 403 g/mol. The number of hydrogen-bond acceptors (Lipinski definition) is 6. The van der Waals surface area contributed by atoms with Gasteiger partial charge in [-0.15, -0.1) is 0 Å². The Labute approximate surface area is 173 Å². The van der Waals surface area contributed by atoms with E-state index in [1.165, 1.54) is 6.92 Å². The van der Waals surface area contributed by atoms with Crippen LogP contribution in [-0.4, -0.2) is 34.5 Å². The third-order valence-electron chi connectivity index (χ3n) is 4.52. The second-order valence-electron chi connectivity index (χ2n) is 6.59. The molecule has 0 aliphatic rings. The Morgan fingerprint density at radius 3 is 2.43 bits per heavy atom. The fourth-order valence-corrected chi connectivity index (χ4v) is 3.13. The van der Waals surface area contributed by atoms with Crippen molar-refractivity contribution in [3.05, 3.63) is 61.1 Å². The number of carbonyl (C=O) groups is 1. The van der Waals surface area contributed by atoms with Crippen LogP contribution in [0, 0.1) is 0 Å². The molecule has 0 aliphatic carbocycles. The molecule has 2 aromatic heterocycles. The van der Waals surface area contributed by atoms with Crippen LogP contribution in [0.5, 0.6) is 11.5 Å². The third-order valence-corrected chi connectivity index (χ3v) is 4.52. The molecule has 0 spiro atoms. The molecular formula is C22H21N5O3. The number of anilines is 3. The normalized spacial score (nSPS) is 10.6. The van der Waals surface area contributed by atoms with Crippen LogP contribution >= 0.6 is 0 Å².